The van der Waals surface area contributed by atoms with Gasteiger partial charge in [-0.1, -0.05) is 18.2 Å². The maximum absolute atomic E-state index is 11.5. The minimum Gasteiger partial charge on any atom is -0.493 e. The number of nitro groups is 1. The van der Waals surface area contributed by atoms with Crippen molar-refractivity contribution >= 4 is 17.0 Å². The van der Waals surface area contributed by atoms with Gasteiger partial charge in [-0.25, -0.2) is 4.98 Å². The number of rotatable bonds is 6. The first-order valence-corrected chi connectivity index (χ1v) is 9.40. The maximum atomic E-state index is 11.5. The summed E-state index contributed by atoms with van der Waals surface area (Å²) < 4.78 is 11.4. The van der Waals surface area contributed by atoms with Gasteiger partial charge >= 0.3 is 5.69 Å². The highest BCUT2D eigenvalue weighted by Gasteiger charge is 2.18. The topological polar surface area (TPSA) is 94.7 Å². The van der Waals surface area contributed by atoms with E-state index in [4.69, 9.17) is 9.47 Å². The quantitative estimate of drug-likeness (QED) is 0.311. The molecule has 0 unspecified atom stereocenters. The second kappa shape index (κ2) is 7.99. The summed E-state index contributed by atoms with van der Waals surface area (Å²) in [5, 5.41) is 22.8. The van der Waals surface area contributed by atoms with E-state index in [0.29, 0.717) is 27.8 Å². The lowest BCUT2D eigenvalue weighted by Gasteiger charge is -2.09. The molecular formula is C21H14N2O5S. The van der Waals surface area contributed by atoms with Crippen molar-refractivity contribution in [2.24, 2.45) is 0 Å². The molecule has 1 N–H and O–H groups in total. The van der Waals surface area contributed by atoms with Crippen molar-refractivity contribution in [3.63, 3.8) is 0 Å². The van der Waals surface area contributed by atoms with Gasteiger partial charge in [0.25, 0.3) is 0 Å². The van der Waals surface area contributed by atoms with E-state index in [1.165, 1.54) is 28.8 Å². The summed E-state index contributed by atoms with van der Waals surface area (Å²) in [7, 11) is 0. The van der Waals surface area contributed by atoms with Gasteiger partial charge in [-0.15, -0.1) is 11.3 Å². The molecule has 0 saturated carbocycles. The van der Waals surface area contributed by atoms with E-state index in [2.05, 4.69) is 4.98 Å². The molecule has 8 heteroatoms. The summed E-state index contributed by atoms with van der Waals surface area (Å²) in [6.07, 6.45) is 0. The fourth-order valence-electron chi connectivity index (χ4n) is 2.60. The molecular weight excluding hydrogens is 392 g/mol. The van der Waals surface area contributed by atoms with Crippen LogP contribution in [0.2, 0.25) is 0 Å². The highest BCUT2D eigenvalue weighted by molar-refractivity contribution is 7.13. The number of hydrogen-bond acceptors (Lipinski definition) is 7. The Bertz CT molecular complexity index is 1140. The van der Waals surface area contributed by atoms with E-state index in [-0.39, 0.29) is 17.3 Å². The Balaban J connectivity index is 1.54. The predicted octanol–water partition coefficient (Wildman–Crippen LogP) is 6.01. The zero-order valence-electron chi connectivity index (χ0n) is 14.9. The van der Waals surface area contributed by atoms with Gasteiger partial charge < -0.3 is 14.6 Å². The number of nitrogens with zero attached hydrogens (tertiary/aromatic N) is 2. The fraction of sp³-hybridized carbons (Fsp3) is 0. The molecule has 0 radical (unpaired) electrons. The molecule has 1 heterocycles. The maximum Gasteiger partial charge on any atom is 0.312 e. The number of aromatic hydroxyl groups is 1. The van der Waals surface area contributed by atoms with Gasteiger partial charge in [-0.3, -0.25) is 10.1 Å². The zero-order valence-corrected chi connectivity index (χ0v) is 15.7. The lowest BCUT2D eigenvalue weighted by atomic mass is 10.2. The van der Waals surface area contributed by atoms with Crippen molar-refractivity contribution in [2.75, 3.05) is 0 Å². The van der Waals surface area contributed by atoms with Gasteiger partial charge in [0.1, 0.15) is 22.3 Å². The van der Waals surface area contributed by atoms with E-state index >= 15 is 0 Å². The molecule has 0 amide bonds. The van der Waals surface area contributed by atoms with Crippen LogP contribution in [0.4, 0.5) is 5.69 Å². The normalized spacial score (nSPS) is 10.5. The average molecular weight is 406 g/mol. The van der Waals surface area contributed by atoms with E-state index in [1.54, 1.807) is 30.3 Å². The first-order valence-electron chi connectivity index (χ1n) is 8.52. The molecule has 0 aliphatic carbocycles. The molecule has 0 aliphatic heterocycles. The molecule has 144 valence electrons. The summed E-state index contributed by atoms with van der Waals surface area (Å²) >= 11 is 1.20. The van der Waals surface area contributed by atoms with Crippen LogP contribution in [-0.2, 0) is 0 Å². The third kappa shape index (κ3) is 4.33. The largest absolute Gasteiger partial charge is 0.493 e. The number of aromatic nitrogens is 1. The lowest BCUT2D eigenvalue weighted by molar-refractivity contribution is -0.385. The Labute approximate surface area is 169 Å². The number of para-hydroxylation sites is 1. The summed E-state index contributed by atoms with van der Waals surface area (Å²) in [6, 6.07) is 20.7. The Morgan fingerprint density at radius 2 is 1.55 bits per heavy atom. The van der Waals surface area contributed by atoms with Crippen LogP contribution >= 0.6 is 11.3 Å². The Morgan fingerprint density at radius 1 is 0.897 bits per heavy atom. The van der Waals surface area contributed by atoms with Gasteiger partial charge in [0.2, 0.25) is 11.6 Å². The molecule has 0 atom stereocenters. The molecule has 0 aliphatic rings. The summed E-state index contributed by atoms with van der Waals surface area (Å²) in [5.41, 5.74) is 0.336. The Kier molecular flexibility index (Phi) is 5.08. The average Bonchev–Trinajstić information content (AvgIpc) is 3.17. The van der Waals surface area contributed by atoms with Crippen LogP contribution in [0.5, 0.6) is 28.9 Å². The molecule has 0 spiro atoms. The van der Waals surface area contributed by atoms with Crippen LogP contribution in [-0.4, -0.2) is 15.0 Å². The number of thiazole rings is 1. The van der Waals surface area contributed by atoms with Crippen molar-refractivity contribution < 1.29 is 19.5 Å². The SMILES string of the molecule is O=[N+]([O-])c1cc(-c2nc(O)cs2)ccc1Oc1ccc(Oc2ccccc2)cc1. The van der Waals surface area contributed by atoms with Crippen LogP contribution in [0.15, 0.2) is 78.2 Å². The van der Waals surface area contributed by atoms with Gasteiger partial charge in [-0.2, -0.15) is 0 Å². The minimum atomic E-state index is -0.515. The number of nitro benzene ring substituents is 1. The Hall–Kier alpha value is -3.91. The number of hydrogen-bond donors (Lipinski definition) is 1. The molecule has 0 fully saturated rings. The van der Waals surface area contributed by atoms with Crippen molar-refractivity contribution in [1.82, 2.24) is 4.98 Å². The molecule has 0 bridgehead atoms. The summed E-state index contributed by atoms with van der Waals surface area (Å²) in [6.45, 7) is 0. The van der Waals surface area contributed by atoms with Gasteiger partial charge in [-0.05, 0) is 48.5 Å². The first kappa shape index (κ1) is 18.5. The zero-order chi connectivity index (χ0) is 20.2. The number of ether oxygens (including phenoxy) is 2. The minimum absolute atomic E-state index is 0.108. The van der Waals surface area contributed by atoms with Gasteiger partial charge in [0, 0.05) is 11.6 Å². The standard InChI is InChI=1S/C21H14N2O5S/c24-20-13-29-21(22-20)14-6-11-19(18(12-14)23(25)26)28-17-9-7-16(8-10-17)27-15-4-2-1-3-5-15/h1-13,24H. The molecule has 1 aromatic heterocycles. The van der Waals surface area contributed by atoms with Crippen LogP contribution in [0.1, 0.15) is 0 Å². The molecule has 3 aromatic carbocycles. The van der Waals surface area contributed by atoms with E-state index < -0.39 is 4.92 Å². The van der Waals surface area contributed by atoms with Crippen LogP contribution < -0.4 is 9.47 Å². The van der Waals surface area contributed by atoms with Gasteiger partial charge in [0.15, 0.2) is 0 Å². The Morgan fingerprint density at radius 3 is 2.17 bits per heavy atom. The van der Waals surface area contributed by atoms with Crippen LogP contribution in [0.25, 0.3) is 10.6 Å². The van der Waals surface area contributed by atoms with Crippen molar-refractivity contribution in [2.45, 2.75) is 0 Å². The van der Waals surface area contributed by atoms with E-state index in [0.717, 1.165) is 0 Å². The van der Waals surface area contributed by atoms with E-state index in [9.17, 15) is 15.2 Å². The summed E-state index contributed by atoms with van der Waals surface area (Å²) in [4.78, 5) is 14.9. The smallest absolute Gasteiger partial charge is 0.312 e. The molecule has 29 heavy (non-hydrogen) atoms. The molecule has 4 aromatic rings. The van der Waals surface area contributed by atoms with Gasteiger partial charge in [0.05, 0.1) is 10.3 Å². The monoisotopic (exact) mass is 406 g/mol. The van der Waals surface area contributed by atoms with Crippen molar-refractivity contribution in [3.8, 4) is 39.4 Å². The lowest BCUT2D eigenvalue weighted by Crippen LogP contribution is -1.94. The highest BCUT2D eigenvalue weighted by atomic mass is 32.1. The molecule has 4 rings (SSSR count). The van der Waals surface area contributed by atoms with Crippen molar-refractivity contribution in [3.05, 3.63) is 88.3 Å². The third-order valence-electron chi connectivity index (χ3n) is 3.93. The molecule has 0 saturated heterocycles. The third-order valence-corrected chi connectivity index (χ3v) is 4.80. The summed E-state index contributed by atoms with van der Waals surface area (Å²) in [5.74, 6) is 1.76. The van der Waals surface area contributed by atoms with E-state index in [1.807, 2.05) is 30.3 Å². The molecule has 7 nitrogen and oxygen atoms in total. The number of benzene rings is 3. The fourth-order valence-corrected chi connectivity index (χ4v) is 3.28. The predicted molar refractivity (Wildman–Crippen MR) is 109 cm³/mol. The first-order chi connectivity index (χ1) is 14.1. The van der Waals surface area contributed by atoms with Crippen LogP contribution in [0, 0.1) is 10.1 Å². The highest BCUT2D eigenvalue weighted by Crippen LogP contribution is 2.37. The van der Waals surface area contributed by atoms with Crippen molar-refractivity contribution in [1.29, 1.82) is 0 Å². The second-order valence-corrected chi connectivity index (χ2v) is 6.80. The van der Waals surface area contributed by atoms with Crippen LogP contribution in [0.3, 0.4) is 0 Å². The second-order valence-electron chi connectivity index (χ2n) is 5.94.